The van der Waals surface area contributed by atoms with Crippen LogP contribution in [-0.2, 0) is 18.9 Å². The van der Waals surface area contributed by atoms with Crippen molar-refractivity contribution in [1.82, 2.24) is 14.1 Å². The number of benzene rings is 1. The summed E-state index contributed by atoms with van der Waals surface area (Å²) in [6.07, 6.45) is 3.29. The molecular weight excluding hydrogens is 308 g/mol. The first-order chi connectivity index (χ1) is 11.4. The van der Waals surface area contributed by atoms with Gasteiger partial charge in [0.2, 0.25) is 5.43 Å². The van der Waals surface area contributed by atoms with Crippen molar-refractivity contribution in [3.8, 4) is 5.75 Å². The number of nitrogens with one attached hydrogen (secondary N) is 1. The van der Waals surface area contributed by atoms with Crippen molar-refractivity contribution >= 4 is 22.6 Å². The molecule has 0 fully saturated rings. The number of aromatic nitrogens is 3. The minimum atomic E-state index is -0.340. The minimum Gasteiger partial charge on any atom is -0.478 e. The molecule has 1 amide bonds. The first-order valence-electron chi connectivity index (χ1n) is 7.45. The van der Waals surface area contributed by atoms with Crippen LogP contribution in [0.1, 0.15) is 5.69 Å². The second-order valence-corrected chi connectivity index (χ2v) is 5.65. The highest BCUT2D eigenvalue weighted by atomic mass is 16.5. The Bertz CT molecular complexity index is 972. The predicted octanol–water partition coefficient (Wildman–Crippen LogP) is 1.60. The Morgan fingerprint density at radius 1 is 1.25 bits per heavy atom. The van der Waals surface area contributed by atoms with Gasteiger partial charge in [-0.3, -0.25) is 9.59 Å². The largest absolute Gasteiger partial charge is 0.478 e. The Morgan fingerprint density at radius 3 is 2.83 bits per heavy atom. The van der Waals surface area contributed by atoms with Gasteiger partial charge in [0.15, 0.2) is 12.4 Å². The van der Waals surface area contributed by atoms with Gasteiger partial charge < -0.3 is 19.2 Å². The molecule has 2 aromatic heterocycles. The van der Waals surface area contributed by atoms with Crippen molar-refractivity contribution in [2.75, 3.05) is 11.9 Å². The molecule has 0 aliphatic rings. The molecule has 3 rings (SSSR count). The Labute approximate surface area is 138 Å². The van der Waals surface area contributed by atoms with E-state index in [1.165, 1.54) is 6.07 Å². The number of fused-ring (bicyclic) bond motifs is 1. The first kappa shape index (κ1) is 15.8. The average Bonchev–Trinajstić information content (AvgIpc) is 2.90. The van der Waals surface area contributed by atoms with Crippen LogP contribution in [0.15, 0.2) is 41.6 Å². The number of ether oxygens (including phenoxy) is 1. The summed E-state index contributed by atoms with van der Waals surface area (Å²) in [5.41, 5.74) is 2.98. The molecule has 124 valence electrons. The van der Waals surface area contributed by atoms with Crippen LogP contribution in [0.4, 0.5) is 5.69 Å². The van der Waals surface area contributed by atoms with Gasteiger partial charge in [0.25, 0.3) is 5.91 Å². The highest BCUT2D eigenvalue weighted by Gasteiger charge is 2.08. The summed E-state index contributed by atoms with van der Waals surface area (Å²) in [4.78, 5) is 28.1. The molecule has 24 heavy (non-hydrogen) atoms. The monoisotopic (exact) mass is 326 g/mol. The maximum absolute atomic E-state index is 12.0. The smallest absolute Gasteiger partial charge is 0.262 e. The zero-order chi connectivity index (χ0) is 17.3. The van der Waals surface area contributed by atoms with E-state index in [0.717, 1.165) is 16.7 Å². The van der Waals surface area contributed by atoms with Gasteiger partial charge in [0, 0.05) is 37.7 Å². The van der Waals surface area contributed by atoms with Crippen LogP contribution in [0.5, 0.6) is 5.75 Å². The number of carbonyl (C=O) groups is 1. The van der Waals surface area contributed by atoms with Crippen molar-refractivity contribution in [2.24, 2.45) is 14.1 Å². The lowest BCUT2D eigenvalue weighted by atomic mass is 10.2. The van der Waals surface area contributed by atoms with Crippen LogP contribution in [-0.4, -0.2) is 26.6 Å². The fraction of sp³-hybridized carbons (Fsp3) is 0.235. The summed E-state index contributed by atoms with van der Waals surface area (Å²) in [5, 5.41) is 2.74. The molecule has 0 saturated carbocycles. The van der Waals surface area contributed by atoms with E-state index in [1.807, 2.05) is 31.7 Å². The summed E-state index contributed by atoms with van der Waals surface area (Å²) >= 11 is 0. The summed E-state index contributed by atoms with van der Waals surface area (Å²) in [6, 6.07) is 6.95. The second kappa shape index (κ2) is 6.19. The molecule has 7 heteroatoms. The molecule has 0 atom stereocenters. The number of carbonyl (C=O) groups excluding carboxylic acids is 1. The highest BCUT2D eigenvalue weighted by molar-refractivity contribution is 5.94. The standard InChI is InChI=1S/C17H18N4O3/c1-11-6-15(22)16(8-20(11)2)24-9-17(23)19-12-4-5-14-13(7-12)18-10-21(14)3/h4-8,10H,9H2,1-3H3,(H,19,23). The number of aryl methyl sites for hydroxylation is 3. The van der Waals surface area contributed by atoms with E-state index >= 15 is 0 Å². The number of nitrogens with zero attached hydrogens (tertiary/aromatic N) is 3. The maximum atomic E-state index is 12.0. The molecule has 0 spiro atoms. The van der Waals surface area contributed by atoms with E-state index in [9.17, 15) is 9.59 Å². The van der Waals surface area contributed by atoms with Crippen LogP contribution >= 0.6 is 0 Å². The van der Waals surface area contributed by atoms with Crippen molar-refractivity contribution < 1.29 is 9.53 Å². The fourth-order valence-electron chi connectivity index (χ4n) is 2.37. The zero-order valence-electron chi connectivity index (χ0n) is 13.7. The van der Waals surface area contributed by atoms with E-state index in [4.69, 9.17) is 4.74 Å². The van der Waals surface area contributed by atoms with Crippen LogP contribution in [0.2, 0.25) is 0 Å². The van der Waals surface area contributed by atoms with E-state index < -0.39 is 0 Å². The molecule has 2 heterocycles. The molecule has 7 nitrogen and oxygen atoms in total. The summed E-state index contributed by atoms with van der Waals surface area (Å²) in [6.45, 7) is 1.59. The molecule has 3 aromatic rings. The van der Waals surface area contributed by atoms with Crippen LogP contribution < -0.4 is 15.5 Å². The zero-order valence-corrected chi connectivity index (χ0v) is 13.7. The lowest BCUT2D eigenvalue weighted by molar-refractivity contribution is -0.118. The number of imidazole rings is 1. The second-order valence-electron chi connectivity index (χ2n) is 5.65. The quantitative estimate of drug-likeness (QED) is 0.790. The van der Waals surface area contributed by atoms with Crippen molar-refractivity contribution in [3.63, 3.8) is 0 Å². The summed E-state index contributed by atoms with van der Waals surface area (Å²) in [7, 11) is 3.72. The Hall–Kier alpha value is -3.09. The number of rotatable bonds is 4. The third kappa shape index (κ3) is 3.15. The third-order valence-corrected chi connectivity index (χ3v) is 3.82. The molecule has 0 saturated heterocycles. The minimum absolute atomic E-state index is 0.151. The normalized spacial score (nSPS) is 10.8. The van der Waals surface area contributed by atoms with Gasteiger partial charge in [-0.2, -0.15) is 0 Å². The van der Waals surface area contributed by atoms with Crippen LogP contribution in [0.3, 0.4) is 0 Å². The first-order valence-corrected chi connectivity index (χ1v) is 7.45. The van der Waals surface area contributed by atoms with Gasteiger partial charge >= 0.3 is 0 Å². The summed E-state index contributed by atoms with van der Waals surface area (Å²) in [5.74, 6) is -0.189. The molecule has 0 aliphatic carbocycles. The van der Waals surface area contributed by atoms with E-state index in [2.05, 4.69) is 10.3 Å². The van der Waals surface area contributed by atoms with Gasteiger partial charge in [-0.1, -0.05) is 0 Å². The Balaban J connectivity index is 1.67. The number of hydrogen-bond acceptors (Lipinski definition) is 4. The predicted molar refractivity (Wildman–Crippen MR) is 91.3 cm³/mol. The van der Waals surface area contributed by atoms with Gasteiger partial charge in [-0.25, -0.2) is 4.98 Å². The number of hydrogen-bond donors (Lipinski definition) is 1. The molecular formula is C17H18N4O3. The van der Waals surface area contributed by atoms with E-state index in [0.29, 0.717) is 5.69 Å². The van der Waals surface area contributed by atoms with Gasteiger partial charge in [-0.05, 0) is 25.1 Å². The van der Waals surface area contributed by atoms with Gasteiger partial charge in [0.1, 0.15) is 0 Å². The van der Waals surface area contributed by atoms with Crippen LogP contribution in [0.25, 0.3) is 11.0 Å². The molecule has 0 radical (unpaired) electrons. The number of pyridine rings is 1. The molecule has 1 N–H and O–H groups in total. The lowest BCUT2D eigenvalue weighted by Crippen LogP contribution is -2.22. The lowest BCUT2D eigenvalue weighted by Gasteiger charge is -2.09. The van der Waals surface area contributed by atoms with E-state index in [-0.39, 0.29) is 23.7 Å². The van der Waals surface area contributed by atoms with Gasteiger partial charge in [-0.15, -0.1) is 0 Å². The van der Waals surface area contributed by atoms with Crippen molar-refractivity contribution in [1.29, 1.82) is 0 Å². The number of amides is 1. The fourth-order valence-corrected chi connectivity index (χ4v) is 2.37. The van der Waals surface area contributed by atoms with E-state index in [1.54, 1.807) is 29.2 Å². The summed E-state index contributed by atoms with van der Waals surface area (Å²) < 4.78 is 9.00. The average molecular weight is 326 g/mol. The molecule has 0 aliphatic heterocycles. The Kier molecular flexibility index (Phi) is 4.07. The van der Waals surface area contributed by atoms with Crippen LogP contribution in [0, 0.1) is 6.92 Å². The van der Waals surface area contributed by atoms with Crippen molar-refractivity contribution in [3.05, 3.63) is 52.7 Å². The maximum Gasteiger partial charge on any atom is 0.262 e. The van der Waals surface area contributed by atoms with Crippen molar-refractivity contribution in [2.45, 2.75) is 6.92 Å². The third-order valence-electron chi connectivity index (χ3n) is 3.82. The number of anilines is 1. The Morgan fingerprint density at radius 2 is 2.04 bits per heavy atom. The molecule has 0 bridgehead atoms. The topological polar surface area (TPSA) is 78.2 Å². The molecule has 0 unspecified atom stereocenters. The molecule has 1 aromatic carbocycles. The highest BCUT2D eigenvalue weighted by Crippen LogP contribution is 2.17. The SMILES string of the molecule is Cc1cc(=O)c(OCC(=O)Nc2ccc3c(c2)ncn3C)cn1C. The van der Waals surface area contributed by atoms with Gasteiger partial charge in [0.05, 0.1) is 17.4 Å².